The van der Waals surface area contributed by atoms with Gasteiger partial charge >= 0.3 is 6.03 Å². The van der Waals surface area contributed by atoms with E-state index in [0.717, 1.165) is 15.9 Å². The van der Waals surface area contributed by atoms with Crippen LogP contribution in [0, 0.1) is 5.92 Å². The minimum Gasteiger partial charge on any atom is -0.293 e. The molecule has 6 nitrogen and oxygen atoms in total. The summed E-state index contributed by atoms with van der Waals surface area (Å²) in [7, 11) is 2.42. The number of allylic oxidation sites excluding steroid dienone is 1. The van der Waals surface area contributed by atoms with Crippen LogP contribution in [0.25, 0.3) is 6.08 Å². The predicted octanol–water partition coefficient (Wildman–Crippen LogP) is 2.24. The smallest absolute Gasteiger partial charge is 0.293 e. The van der Waals surface area contributed by atoms with Crippen LogP contribution < -0.4 is 0 Å². The molecule has 0 aliphatic carbocycles. The first-order valence-corrected chi connectivity index (χ1v) is 7.26. The lowest BCUT2D eigenvalue weighted by molar-refractivity contribution is -0.150. The van der Waals surface area contributed by atoms with Gasteiger partial charge in [-0.15, -0.1) is 0 Å². The molecule has 1 aromatic carbocycles. The molecule has 120 valence electrons. The molecule has 1 heterocycles. The fourth-order valence-electron chi connectivity index (χ4n) is 2.08. The number of barbiturate groups is 1. The maximum absolute atomic E-state index is 12.2. The van der Waals surface area contributed by atoms with E-state index in [-0.39, 0.29) is 0 Å². The van der Waals surface area contributed by atoms with Gasteiger partial charge in [0.05, 0.1) is 0 Å². The number of hydrogen-bond acceptors (Lipinski definition) is 4. The zero-order valence-electron chi connectivity index (χ0n) is 12.2. The molecule has 0 unspecified atom stereocenters. The SMILES string of the molecule is CN1C(=O)C(C(=O)/C=C/c2c(Cl)cccc2Cl)C(=O)N(C)C1=O. The summed E-state index contributed by atoms with van der Waals surface area (Å²) in [5.74, 6) is -4.06. The number of benzene rings is 1. The molecule has 0 N–H and O–H groups in total. The number of rotatable bonds is 3. The second kappa shape index (κ2) is 6.52. The van der Waals surface area contributed by atoms with Gasteiger partial charge in [-0.1, -0.05) is 29.3 Å². The Hall–Kier alpha value is -2.18. The highest BCUT2D eigenvalue weighted by molar-refractivity contribution is 6.37. The zero-order chi connectivity index (χ0) is 17.3. The predicted molar refractivity (Wildman–Crippen MR) is 84.9 cm³/mol. The molecule has 0 spiro atoms. The van der Waals surface area contributed by atoms with E-state index >= 15 is 0 Å². The Morgan fingerprint density at radius 1 is 1.04 bits per heavy atom. The topological polar surface area (TPSA) is 74.8 Å². The third-order valence-corrected chi connectivity index (χ3v) is 4.09. The van der Waals surface area contributed by atoms with Gasteiger partial charge in [-0.3, -0.25) is 24.2 Å². The molecule has 2 rings (SSSR count). The van der Waals surface area contributed by atoms with Crippen LogP contribution >= 0.6 is 23.2 Å². The zero-order valence-corrected chi connectivity index (χ0v) is 13.8. The lowest BCUT2D eigenvalue weighted by atomic mass is 9.98. The number of ketones is 1. The van der Waals surface area contributed by atoms with E-state index in [2.05, 4.69) is 0 Å². The summed E-state index contributed by atoms with van der Waals surface area (Å²) >= 11 is 12.0. The van der Waals surface area contributed by atoms with Crippen LogP contribution in [0.1, 0.15) is 5.56 Å². The molecule has 0 radical (unpaired) electrons. The summed E-state index contributed by atoms with van der Waals surface area (Å²) in [5, 5.41) is 0.652. The lowest BCUT2D eigenvalue weighted by Gasteiger charge is -2.31. The number of imide groups is 2. The van der Waals surface area contributed by atoms with Crippen LogP contribution in [0.4, 0.5) is 4.79 Å². The average molecular weight is 355 g/mol. The van der Waals surface area contributed by atoms with Crippen molar-refractivity contribution in [3.8, 4) is 0 Å². The molecule has 0 atom stereocenters. The Labute approximate surface area is 142 Å². The number of carbonyl (C=O) groups is 4. The van der Waals surface area contributed by atoms with Crippen molar-refractivity contribution in [3.63, 3.8) is 0 Å². The second-order valence-electron chi connectivity index (χ2n) is 4.88. The van der Waals surface area contributed by atoms with Crippen LogP contribution in [0.5, 0.6) is 0 Å². The maximum Gasteiger partial charge on any atom is 0.332 e. The molecular weight excluding hydrogens is 343 g/mol. The molecule has 0 aromatic heterocycles. The summed E-state index contributed by atoms with van der Waals surface area (Å²) in [6.07, 6.45) is 2.40. The van der Waals surface area contributed by atoms with Crippen molar-refractivity contribution in [2.24, 2.45) is 5.92 Å². The van der Waals surface area contributed by atoms with Crippen molar-refractivity contribution in [2.45, 2.75) is 0 Å². The van der Waals surface area contributed by atoms with E-state index in [0.29, 0.717) is 15.6 Å². The van der Waals surface area contributed by atoms with E-state index in [1.54, 1.807) is 18.2 Å². The lowest BCUT2D eigenvalue weighted by Crippen LogP contribution is -2.58. The minimum absolute atomic E-state index is 0.326. The largest absolute Gasteiger partial charge is 0.332 e. The van der Waals surface area contributed by atoms with Gasteiger partial charge in [0.15, 0.2) is 11.7 Å². The molecule has 0 saturated carbocycles. The number of halogens is 2. The van der Waals surface area contributed by atoms with Crippen molar-refractivity contribution in [1.29, 1.82) is 0 Å². The van der Waals surface area contributed by atoms with Gasteiger partial charge in [0.25, 0.3) is 11.8 Å². The Bertz CT molecular complexity index is 701. The first-order chi connectivity index (χ1) is 10.8. The summed E-state index contributed by atoms with van der Waals surface area (Å²) in [5.41, 5.74) is 0.401. The standard InChI is InChI=1S/C15H12Cl2N2O4/c1-18-13(21)12(14(22)19(2)15(18)23)11(20)7-6-8-9(16)4-3-5-10(8)17/h3-7,12H,1-2H3/b7-6+. The molecule has 23 heavy (non-hydrogen) atoms. The first kappa shape index (κ1) is 17.2. The molecule has 4 amide bonds. The molecule has 1 aliphatic rings. The van der Waals surface area contributed by atoms with E-state index in [1.165, 1.54) is 20.2 Å². The normalized spacial score (nSPS) is 16.6. The van der Waals surface area contributed by atoms with Crippen LogP contribution in [-0.2, 0) is 14.4 Å². The van der Waals surface area contributed by atoms with Crippen molar-refractivity contribution in [2.75, 3.05) is 14.1 Å². The molecule has 1 fully saturated rings. The van der Waals surface area contributed by atoms with Gasteiger partial charge in [-0.2, -0.15) is 0 Å². The Balaban J connectivity index is 2.30. The summed E-state index contributed by atoms with van der Waals surface area (Å²) in [6.45, 7) is 0. The summed E-state index contributed by atoms with van der Waals surface area (Å²) in [4.78, 5) is 49.4. The number of hydrogen-bond donors (Lipinski definition) is 0. The third kappa shape index (κ3) is 3.13. The summed E-state index contributed by atoms with van der Waals surface area (Å²) in [6, 6.07) is 4.05. The van der Waals surface area contributed by atoms with Gasteiger partial charge in [-0.05, 0) is 24.3 Å². The van der Waals surface area contributed by atoms with Gasteiger partial charge in [-0.25, -0.2) is 4.79 Å². The Morgan fingerprint density at radius 2 is 1.52 bits per heavy atom. The highest BCUT2D eigenvalue weighted by Crippen LogP contribution is 2.26. The quantitative estimate of drug-likeness (QED) is 0.616. The molecule has 0 bridgehead atoms. The highest BCUT2D eigenvalue weighted by atomic mass is 35.5. The van der Waals surface area contributed by atoms with E-state index < -0.39 is 29.5 Å². The first-order valence-electron chi connectivity index (χ1n) is 6.50. The second-order valence-corrected chi connectivity index (χ2v) is 5.70. The van der Waals surface area contributed by atoms with Crippen LogP contribution in [-0.4, -0.2) is 47.5 Å². The van der Waals surface area contributed by atoms with E-state index in [4.69, 9.17) is 23.2 Å². The Morgan fingerprint density at radius 3 is 2.00 bits per heavy atom. The van der Waals surface area contributed by atoms with Gasteiger partial charge in [0.2, 0.25) is 0 Å². The van der Waals surface area contributed by atoms with Crippen molar-refractivity contribution in [3.05, 3.63) is 39.9 Å². The molecule has 1 aliphatic heterocycles. The average Bonchev–Trinajstić information content (AvgIpc) is 2.50. The summed E-state index contributed by atoms with van der Waals surface area (Å²) < 4.78 is 0. The fraction of sp³-hybridized carbons (Fsp3) is 0.200. The number of carbonyl (C=O) groups excluding carboxylic acids is 4. The fourth-order valence-corrected chi connectivity index (χ4v) is 2.60. The molecule has 1 saturated heterocycles. The maximum atomic E-state index is 12.2. The van der Waals surface area contributed by atoms with E-state index in [9.17, 15) is 19.2 Å². The number of nitrogens with zero attached hydrogens (tertiary/aromatic N) is 2. The highest BCUT2D eigenvalue weighted by Gasteiger charge is 2.45. The molecular formula is C15H12Cl2N2O4. The minimum atomic E-state index is -1.58. The number of urea groups is 1. The van der Waals surface area contributed by atoms with Crippen LogP contribution in [0.3, 0.4) is 0 Å². The Kier molecular flexibility index (Phi) is 4.87. The van der Waals surface area contributed by atoms with Crippen molar-refractivity contribution >= 4 is 52.9 Å². The van der Waals surface area contributed by atoms with Crippen LogP contribution in [0.2, 0.25) is 10.0 Å². The number of amides is 4. The van der Waals surface area contributed by atoms with Gasteiger partial charge in [0.1, 0.15) is 0 Å². The van der Waals surface area contributed by atoms with Crippen molar-refractivity contribution < 1.29 is 19.2 Å². The van der Waals surface area contributed by atoms with Crippen molar-refractivity contribution in [1.82, 2.24) is 9.80 Å². The van der Waals surface area contributed by atoms with E-state index in [1.807, 2.05) is 0 Å². The molecule has 8 heteroatoms. The molecule has 1 aromatic rings. The van der Waals surface area contributed by atoms with Gasteiger partial charge < -0.3 is 0 Å². The monoisotopic (exact) mass is 354 g/mol. The van der Waals surface area contributed by atoms with Gasteiger partial charge in [0, 0.05) is 29.7 Å². The third-order valence-electron chi connectivity index (χ3n) is 3.43. The van der Waals surface area contributed by atoms with Crippen LogP contribution in [0.15, 0.2) is 24.3 Å².